The highest BCUT2D eigenvalue weighted by Crippen LogP contribution is 2.17. The summed E-state index contributed by atoms with van der Waals surface area (Å²) in [6, 6.07) is 12.8. The lowest BCUT2D eigenvalue weighted by Crippen LogP contribution is -2.17. The van der Waals surface area contributed by atoms with Gasteiger partial charge in [0, 0.05) is 11.1 Å². The van der Waals surface area contributed by atoms with Gasteiger partial charge in [0.15, 0.2) is 0 Å². The molecule has 102 valence electrons. The number of amides is 1. The molecule has 0 aliphatic heterocycles. The second kappa shape index (κ2) is 5.84. The number of para-hydroxylation sites is 1. The number of aryl methyl sites for hydroxylation is 2. The molecule has 0 bridgehead atoms. The number of nitrogens with two attached hydrogens (primary N) is 1. The van der Waals surface area contributed by atoms with Crippen LogP contribution in [0.3, 0.4) is 0 Å². The highest BCUT2D eigenvalue weighted by molar-refractivity contribution is 7.80. The first-order valence-corrected chi connectivity index (χ1v) is 6.67. The predicted octanol–water partition coefficient (Wildman–Crippen LogP) is 3.19. The van der Waals surface area contributed by atoms with E-state index < -0.39 is 0 Å². The number of carbonyl (C=O) groups excluding carboxylic acids is 1. The Kier molecular flexibility index (Phi) is 4.15. The maximum absolute atomic E-state index is 12.3. The summed E-state index contributed by atoms with van der Waals surface area (Å²) in [4.78, 5) is 12.5. The Morgan fingerprint density at radius 3 is 2.45 bits per heavy atom. The van der Waals surface area contributed by atoms with Gasteiger partial charge < -0.3 is 11.1 Å². The summed E-state index contributed by atoms with van der Waals surface area (Å²) in [6.45, 7) is 3.99. The van der Waals surface area contributed by atoms with Crippen LogP contribution in [0.25, 0.3) is 0 Å². The third-order valence-corrected chi connectivity index (χ3v) is 3.43. The van der Waals surface area contributed by atoms with Crippen molar-refractivity contribution in [3.63, 3.8) is 0 Å². The maximum atomic E-state index is 12.3. The van der Waals surface area contributed by atoms with E-state index in [9.17, 15) is 4.79 Å². The van der Waals surface area contributed by atoms with Gasteiger partial charge in [0.25, 0.3) is 5.91 Å². The minimum absolute atomic E-state index is 0.170. The van der Waals surface area contributed by atoms with Gasteiger partial charge in [-0.2, -0.15) is 0 Å². The lowest BCUT2D eigenvalue weighted by molar-refractivity contribution is 0.102. The number of nitrogens with one attached hydrogen (secondary N) is 1. The average molecular weight is 284 g/mol. The SMILES string of the molecule is Cc1ccc(C(=O)Nc2ccccc2C(N)=S)cc1C. The highest BCUT2D eigenvalue weighted by Gasteiger charge is 2.10. The van der Waals surface area contributed by atoms with Crippen molar-refractivity contribution >= 4 is 28.8 Å². The summed E-state index contributed by atoms with van der Waals surface area (Å²) < 4.78 is 0. The molecule has 1 amide bonds. The molecule has 20 heavy (non-hydrogen) atoms. The lowest BCUT2D eigenvalue weighted by atomic mass is 10.1. The molecule has 2 aromatic carbocycles. The molecular weight excluding hydrogens is 268 g/mol. The Balaban J connectivity index is 2.28. The summed E-state index contributed by atoms with van der Waals surface area (Å²) in [5.41, 5.74) is 9.81. The summed E-state index contributed by atoms with van der Waals surface area (Å²) in [5, 5.41) is 2.85. The minimum Gasteiger partial charge on any atom is -0.389 e. The predicted molar refractivity (Wildman–Crippen MR) is 86.2 cm³/mol. The summed E-state index contributed by atoms with van der Waals surface area (Å²) in [5.74, 6) is -0.170. The van der Waals surface area contributed by atoms with Crippen LogP contribution in [-0.4, -0.2) is 10.9 Å². The van der Waals surface area contributed by atoms with Gasteiger partial charge in [-0.25, -0.2) is 0 Å². The van der Waals surface area contributed by atoms with E-state index in [4.69, 9.17) is 18.0 Å². The molecule has 0 aromatic heterocycles. The van der Waals surface area contributed by atoms with Crippen molar-refractivity contribution in [3.05, 3.63) is 64.7 Å². The van der Waals surface area contributed by atoms with E-state index in [0.717, 1.165) is 11.1 Å². The molecule has 0 saturated heterocycles. The van der Waals surface area contributed by atoms with Crippen molar-refractivity contribution in [1.82, 2.24) is 0 Å². The molecule has 0 unspecified atom stereocenters. The molecule has 4 heteroatoms. The van der Waals surface area contributed by atoms with Crippen LogP contribution in [0.1, 0.15) is 27.0 Å². The van der Waals surface area contributed by atoms with Crippen LogP contribution < -0.4 is 11.1 Å². The monoisotopic (exact) mass is 284 g/mol. The molecule has 0 atom stereocenters. The van der Waals surface area contributed by atoms with E-state index in [1.54, 1.807) is 18.2 Å². The van der Waals surface area contributed by atoms with E-state index in [1.165, 1.54) is 0 Å². The Bertz CT molecular complexity index is 680. The highest BCUT2D eigenvalue weighted by atomic mass is 32.1. The minimum atomic E-state index is -0.170. The van der Waals surface area contributed by atoms with E-state index >= 15 is 0 Å². The molecule has 0 saturated carbocycles. The molecule has 3 N–H and O–H groups in total. The molecule has 0 fully saturated rings. The van der Waals surface area contributed by atoms with E-state index in [1.807, 2.05) is 38.1 Å². The normalized spacial score (nSPS) is 10.1. The van der Waals surface area contributed by atoms with Gasteiger partial charge in [-0.15, -0.1) is 0 Å². The largest absolute Gasteiger partial charge is 0.389 e. The van der Waals surface area contributed by atoms with Crippen LogP contribution in [0, 0.1) is 13.8 Å². The van der Waals surface area contributed by atoms with E-state index in [2.05, 4.69) is 5.32 Å². The van der Waals surface area contributed by atoms with E-state index in [-0.39, 0.29) is 10.9 Å². The summed E-state index contributed by atoms with van der Waals surface area (Å²) >= 11 is 4.98. The Labute approximate surface area is 123 Å². The third kappa shape index (κ3) is 3.03. The van der Waals surface area contributed by atoms with Crippen LogP contribution in [-0.2, 0) is 0 Å². The average Bonchev–Trinajstić information content (AvgIpc) is 2.42. The molecule has 0 aliphatic rings. The van der Waals surface area contributed by atoms with Gasteiger partial charge in [-0.1, -0.05) is 30.4 Å². The van der Waals surface area contributed by atoms with Gasteiger partial charge in [-0.3, -0.25) is 4.79 Å². The van der Waals surface area contributed by atoms with Crippen LogP contribution in [0.2, 0.25) is 0 Å². The van der Waals surface area contributed by atoms with Gasteiger partial charge in [0.05, 0.1) is 5.69 Å². The molecule has 0 radical (unpaired) electrons. The summed E-state index contributed by atoms with van der Waals surface area (Å²) in [7, 11) is 0. The van der Waals surface area contributed by atoms with Gasteiger partial charge >= 0.3 is 0 Å². The number of thiocarbonyl (C=S) groups is 1. The Hall–Kier alpha value is -2.20. The fourth-order valence-corrected chi connectivity index (χ4v) is 2.06. The molecule has 0 aliphatic carbocycles. The van der Waals surface area contributed by atoms with Crippen molar-refractivity contribution in [2.45, 2.75) is 13.8 Å². The Morgan fingerprint density at radius 2 is 1.80 bits per heavy atom. The van der Waals surface area contributed by atoms with Crippen LogP contribution >= 0.6 is 12.2 Å². The third-order valence-electron chi connectivity index (χ3n) is 3.21. The number of anilines is 1. The first-order chi connectivity index (χ1) is 9.49. The second-order valence-corrected chi connectivity index (χ2v) is 5.10. The number of carbonyl (C=O) groups is 1. The zero-order valence-electron chi connectivity index (χ0n) is 11.4. The van der Waals surface area contributed by atoms with Gasteiger partial charge in [0.1, 0.15) is 4.99 Å². The Morgan fingerprint density at radius 1 is 1.10 bits per heavy atom. The molecule has 0 heterocycles. The molecule has 2 aromatic rings. The standard InChI is InChI=1S/C16H16N2OS/c1-10-7-8-12(9-11(10)2)16(19)18-14-6-4-3-5-13(14)15(17)20/h3-9H,1-2H3,(H2,17,20)(H,18,19). The fraction of sp³-hybridized carbons (Fsp3) is 0.125. The van der Waals surface area contributed by atoms with Crippen molar-refractivity contribution in [3.8, 4) is 0 Å². The van der Waals surface area contributed by atoms with Crippen molar-refractivity contribution in [1.29, 1.82) is 0 Å². The fourth-order valence-electron chi connectivity index (χ4n) is 1.88. The molecular formula is C16H16N2OS. The smallest absolute Gasteiger partial charge is 0.255 e. The maximum Gasteiger partial charge on any atom is 0.255 e. The molecule has 2 rings (SSSR count). The number of hydrogen-bond acceptors (Lipinski definition) is 2. The zero-order valence-corrected chi connectivity index (χ0v) is 12.3. The van der Waals surface area contributed by atoms with E-state index in [0.29, 0.717) is 16.8 Å². The van der Waals surface area contributed by atoms with Gasteiger partial charge in [-0.05, 0) is 49.2 Å². The van der Waals surface area contributed by atoms with Crippen molar-refractivity contribution in [2.24, 2.45) is 5.73 Å². The summed E-state index contributed by atoms with van der Waals surface area (Å²) in [6.07, 6.45) is 0. The van der Waals surface area contributed by atoms with Crippen LogP contribution in [0.5, 0.6) is 0 Å². The van der Waals surface area contributed by atoms with Gasteiger partial charge in [0.2, 0.25) is 0 Å². The quantitative estimate of drug-likeness (QED) is 0.851. The first-order valence-electron chi connectivity index (χ1n) is 6.26. The lowest BCUT2D eigenvalue weighted by Gasteiger charge is -2.10. The van der Waals surface area contributed by atoms with Crippen LogP contribution in [0.4, 0.5) is 5.69 Å². The van der Waals surface area contributed by atoms with Crippen molar-refractivity contribution < 1.29 is 4.79 Å². The van der Waals surface area contributed by atoms with Crippen LogP contribution in [0.15, 0.2) is 42.5 Å². The molecule has 3 nitrogen and oxygen atoms in total. The zero-order chi connectivity index (χ0) is 14.7. The first kappa shape index (κ1) is 14.2. The van der Waals surface area contributed by atoms with Crippen molar-refractivity contribution in [2.75, 3.05) is 5.32 Å². The number of hydrogen-bond donors (Lipinski definition) is 2. The number of rotatable bonds is 3. The molecule has 0 spiro atoms. The second-order valence-electron chi connectivity index (χ2n) is 4.66. The topological polar surface area (TPSA) is 55.1 Å². The number of benzene rings is 2.